The second-order valence-corrected chi connectivity index (χ2v) is 10.6. The van der Waals surface area contributed by atoms with Crippen molar-refractivity contribution in [3.8, 4) is 0 Å². The average Bonchev–Trinajstić information content (AvgIpc) is 3.43. The molecule has 2 amide bonds. The van der Waals surface area contributed by atoms with E-state index in [0.29, 0.717) is 11.1 Å². The number of benzene rings is 2. The Labute approximate surface area is 220 Å². The van der Waals surface area contributed by atoms with Crippen LogP contribution in [0.1, 0.15) is 22.1 Å². The fraction of sp³-hybridized carbons (Fsp3) is 0.185. The van der Waals surface area contributed by atoms with Crippen LogP contribution in [-0.4, -0.2) is 50.9 Å². The maximum atomic E-state index is 13.5. The van der Waals surface area contributed by atoms with Crippen molar-refractivity contribution in [1.82, 2.24) is 10.2 Å². The number of carbonyl (C=O) groups excluding carboxylic acids is 3. The lowest BCUT2D eigenvalue weighted by Gasteiger charge is -2.49. The third-order valence-corrected chi connectivity index (χ3v) is 8.24. The Kier molecular flexibility index (Phi) is 7.11. The summed E-state index contributed by atoms with van der Waals surface area (Å²) in [5, 5.41) is 13.8. The van der Waals surface area contributed by atoms with Crippen LogP contribution in [0.3, 0.4) is 0 Å². The molecule has 2 aliphatic heterocycles. The molecule has 10 heteroatoms. The van der Waals surface area contributed by atoms with Crippen molar-refractivity contribution in [2.75, 3.05) is 5.75 Å². The predicted molar refractivity (Wildman–Crippen MR) is 139 cm³/mol. The van der Waals surface area contributed by atoms with E-state index in [0.717, 1.165) is 9.78 Å². The molecule has 8 nitrogen and oxygen atoms in total. The first-order valence-corrected chi connectivity index (χ1v) is 13.4. The van der Waals surface area contributed by atoms with Crippen LogP contribution < -0.4 is 5.32 Å². The first-order valence-electron chi connectivity index (χ1n) is 11.5. The number of esters is 1. The smallest absolute Gasteiger partial charge is 0.356 e. The highest BCUT2D eigenvalue weighted by molar-refractivity contribution is 8.00. The molecule has 2 N–H and O–H groups in total. The van der Waals surface area contributed by atoms with Crippen LogP contribution in [0.4, 0.5) is 0 Å². The Morgan fingerprint density at radius 2 is 1.65 bits per heavy atom. The molecule has 0 aliphatic carbocycles. The monoisotopic (exact) mass is 534 g/mol. The molecule has 2 aromatic carbocycles. The summed E-state index contributed by atoms with van der Waals surface area (Å²) in [7, 11) is 0. The predicted octanol–water partition coefficient (Wildman–Crippen LogP) is 3.36. The van der Waals surface area contributed by atoms with Gasteiger partial charge in [-0.05, 0) is 22.6 Å². The van der Waals surface area contributed by atoms with E-state index in [1.54, 1.807) is 0 Å². The summed E-state index contributed by atoms with van der Waals surface area (Å²) in [4.78, 5) is 53.2. The van der Waals surface area contributed by atoms with E-state index in [-0.39, 0.29) is 29.4 Å². The number of carbonyl (C=O) groups is 4. The van der Waals surface area contributed by atoms with Crippen LogP contribution in [0, 0.1) is 0 Å². The number of rotatable bonds is 8. The number of fused-ring (bicyclic) bond motifs is 1. The van der Waals surface area contributed by atoms with Crippen LogP contribution in [0.2, 0.25) is 0 Å². The number of ether oxygens (including phenoxy) is 1. The van der Waals surface area contributed by atoms with E-state index in [2.05, 4.69) is 5.32 Å². The van der Waals surface area contributed by atoms with E-state index < -0.39 is 35.4 Å². The number of thioether (sulfide) groups is 1. The van der Waals surface area contributed by atoms with E-state index in [4.69, 9.17) is 4.74 Å². The summed E-state index contributed by atoms with van der Waals surface area (Å²) in [6.07, 6.45) is -0.664. The van der Waals surface area contributed by atoms with Crippen LogP contribution in [-0.2, 0) is 30.3 Å². The lowest BCUT2D eigenvalue weighted by atomic mass is 10.0. The Balaban J connectivity index is 1.39. The van der Waals surface area contributed by atoms with Gasteiger partial charge in [0.1, 0.15) is 17.1 Å². The van der Waals surface area contributed by atoms with Gasteiger partial charge in [0.15, 0.2) is 6.10 Å². The first kappa shape index (κ1) is 24.8. The van der Waals surface area contributed by atoms with Crippen molar-refractivity contribution in [1.29, 1.82) is 0 Å². The van der Waals surface area contributed by atoms with Gasteiger partial charge in [0.05, 0.1) is 12.0 Å². The van der Waals surface area contributed by atoms with Gasteiger partial charge >= 0.3 is 11.9 Å². The molecule has 3 aromatic rings. The maximum Gasteiger partial charge on any atom is 0.356 e. The minimum absolute atomic E-state index is 0.00709. The van der Waals surface area contributed by atoms with Crippen molar-refractivity contribution in [2.24, 2.45) is 0 Å². The molecule has 5 rings (SSSR count). The second-order valence-electron chi connectivity index (χ2n) is 8.45. The summed E-state index contributed by atoms with van der Waals surface area (Å²) in [5.74, 6) is -3.07. The number of nitrogens with zero attached hydrogens (tertiary/aromatic N) is 1. The molecule has 2 atom stereocenters. The molecule has 0 bridgehead atoms. The number of aliphatic carboxylic acids is 1. The quantitative estimate of drug-likeness (QED) is 0.337. The molecule has 1 unspecified atom stereocenters. The van der Waals surface area contributed by atoms with Gasteiger partial charge in [-0.3, -0.25) is 14.5 Å². The maximum absolute atomic E-state index is 13.5. The SMILES string of the molecule is O=C(Cc1cccs1)NC1C(=O)N2C(C(=O)OC(c3ccccc3)c3ccccc3)=C(C(=O)O)CS[C@@H]12. The molecule has 0 radical (unpaired) electrons. The largest absolute Gasteiger partial charge is 0.478 e. The lowest BCUT2D eigenvalue weighted by molar-refractivity contribution is -0.155. The van der Waals surface area contributed by atoms with Crippen molar-refractivity contribution in [2.45, 2.75) is 23.9 Å². The van der Waals surface area contributed by atoms with Crippen molar-refractivity contribution >= 4 is 46.9 Å². The number of amides is 2. The number of thiophene rings is 1. The Hall–Kier alpha value is -3.89. The van der Waals surface area contributed by atoms with Crippen LogP contribution in [0.5, 0.6) is 0 Å². The normalized spacial score (nSPS) is 18.7. The van der Waals surface area contributed by atoms with Gasteiger partial charge in [-0.15, -0.1) is 23.1 Å². The van der Waals surface area contributed by atoms with Gasteiger partial charge in [-0.2, -0.15) is 0 Å². The van der Waals surface area contributed by atoms with Gasteiger partial charge in [-0.25, -0.2) is 9.59 Å². The highest BCUT2D eigenvalue weighted by Crippen LogP contribution is 2.41. The third kappa shape index (κ3) is 5.03. The van der Waals surface area contributed by atoms with Gasteiger partial charge in [-0.1, -0.05) is 66.7 Å². The zero-order valence-corrected chi connectivity index (χ0v) is 21.0. The summed E-state index contributed by atoms with van der Waals surface area (Å²) >= 11 is 2.63. The molecule has 0 spiro atoms. The van der Waals surface area contributed by atoms with Crippen LogP contribution >= 0.6 is 23.1 Å². The third-order valence-electron chi connectivity index (χ3n) is 6.08. The van der Waals surface area contributed by atoms with E-state index >= 15 is 0 Å². The Morgan fingerprint density at radius 3 is 2.22 bits per heavy atom. The first-order chi connectivity index (χ1) is 17.9. The molecule has 1 aromatic heterocycles. The summed E-state index contributed by atoms with van der Waals surface area (Å²) in [6, 6.07) is 21.0. The van der Waals surface area contributed by atoms with Gasteiger partial charge in [0.2, 0.25) is 5.91 Å². The van der Waals surface area contributed by atoms with E-state index in [1.165, 1.54) is 23.1 Å². The fourth-order valence-corrected chi connectivity index (χ4v) is 6.35. The van der Waals surface area contributed by atoms with E-state index in [1.807, 2.05) is 78.2 Å². The number of hydrogen-bond acceptors (Lipinski definition) is 7. The summed E-state index contributed by atoms with van der Waals surface area (Å²) in [6.45, 7) is 0. The van der Waals surface area contributed by atoms with Crippen LogP contribution in [0.15, 0.2) is 89.4 Å². The van der Waals surface area contributed by atoms with Crippen molar-refractivity contribution in [3.63, 3.8) is 0 Å². The number of carboxylic acids is 1. The number of hydrogen-bond donors (Lipinski definition) is 2. The van der Waals surface area contributed by atoms with Gasteiger partial charge in [0, 0.05) is 10.6 Å². The highest BCUT2D eigenvalue weighted by atomic mass is 32.2. The van der Waals surface area contributed by atoms with Gasteiger partial charge in [0.25, 0.3) is 5.91 Å². The zero-order chi connectivity index (χ0) is 25.9. The summed E-state index contributed by atoms with van der Waals surface area (Å²) < 4.78 is 5.88. The molecule has 0 saturated carbocycles. The molecule has 37 heavy (non-hydrogen) atoms. The van der Waals surface area contributed by atoms with Gasteiger partial charge < -0.3 is 15.2 Å². The molecular weight excluding hydrogens is 512 g/mol. The standard InChI is InChI=1S/C27H22N2O6S2/c30-20(14-18-12-7-13-36-18)28-21-24(31)29-22(19(26(32)33)15-37-25(21)29)27(34)35-23(16-8-3-1-4-9-16)17-10-5-2-6-11-17/h1-13,21,23,25H,14-15H2,(H,28,30)(H,32,33)/t21?,25-/m0/s1. The van der Waals surface area contributed by atoms with Crippen molar-refractivity contribution in [3.05, 3.63) is 105 Å². The van der Waals surface area contributed by atoms with Crippen LogP contribution in [0.25, 0.3) is 0 Å². The number of carboxylic acid groups (broad SMARTS) is 1. The number of β-lactam (4-membered cyclic amide) rings is 1. The topological polar surface area (TPSA) is 113 Å². The molecule has 2 aliphatic rings. The number of nitrogens with one attached hydrogen (secondary N) is 1. The molecular formula is C27H22N2O6S2. The van der Waals surface area contributed by atoms with Crippen molar-refractivity contribution < 1.29 is 29.0 Å². The fourth-order valence-electron chi connectivity index (χ4n) is 4.32. The summed E-state index contributed by atoms with van der Waals surface area (Å²) in [5.41, 5.74) is 0.912. The minimum Gasteiger partial charge on any atom is -0.478 e. The average molecular weight is 535 g/mol. The molecule has 1 fully saturated rings. The highest BCUT2D eigenvalue weighted by Gasteiger charge is 2.55. The molecule has 3 heterocycles. The lowest BCUT2D eigenvalue weighted by Crippen LogP contribution is -2.70. The zero-order valence-electron chi connectivity index (χ0n) is 19.4. The minimum atomic E-state index is -1.30. The molecule has 188 valence electrons. The Morgan fingerprint density at radius 1 is 1.00 bits per heavy atom. The Bertz CT molecular complexity index is 1320. The van der Waals surface area contributed by atoms with E-state index in [9.17, 15) is 24.3 Å². The second kappa shape index (κ2) is 10.6. The molecule has 1 saturated heterocycles.